The molecule has 160 valence electrons. The van der Waals surface area contributed by atoms with Crippen molar-refractivity contribution in [3.63, 3.8) is 0 Å². The normalized spacial score (nSPS) is 19.5. The first kappa shape index (κ1) is 22.8. The van der Waals surface area contributed by atoms with Gasteiger partial charge in [0.15, 0.2) is 0 Å². The van der Waals surface area contributed by atoms with Crippen LogP contribution in [-0.2, 0) is 10.3 Å². The van der Waals surface area contributed by atoms with Crippen LogP contribution in [-0.4, -0.2) is 21.9 Å². The first-order chi connectivity index (χ1) is 13.5. The second-order valence-corrected chi connectivity index (χ2v) is 8.86. The Morgan fingerprint density at radius 2 is 1.93 bits per heavy atom. The van der Waals surface area contributed by atoms with E-state index in [1.165, 1.54) is 5.57 Å². The number of allylic oxidation sites excluding steroid dienone is 3. The summed E-state index contributed by atoms with van der Waals surface area (Å²) >= 11 is 0. The molecule has 0 spiro atoms. The van der Waals surface area contributed by atoms with E-state index in [9.17, 15) is 20.3 Å². The van der Waals surface area contributed by atoms with Crippen LogP contribution in [0, 0.1) is 16.0 Å². The van der Waals surface area contributed by atoms with Gasteiger partial charge in [-0.2, -0.15) is 0 Å². The third-order valence-corrected chi connectivity index (χ3v) is 6.02. The van der Waals surface area contributed by atoms with E-state index in [1.807, 2.05) is 20.8 Å². The van der Waals surface area contributed by atoms with E-state index >= 15 is 0 Å². The van der Waals surface area contributed by atoms with Crippen LogP contribution >= 0.6 is 0 Å². The minimum absolute atomic E-state index is 0.0776. The van der Waals surface area contributed by atoms with Crippen LogP contribution in [0.25, 0.3) is 0 Å². The monoisotopic (exact) mass is 403 g/mol. The van der Waals surface area contributed by atoms with Crippen molar-refractivity contribution >= 4 is 0 Å². The molecule has 6 nitrogen and oxygen atoms in total. The SMILES string of the molecule is C=C(C)[C@H]1CCC(C)=C[C@@H]1c1c(O)cc(C(C)(C)CCCCO[N+](=O)[O-])cc1O. The lowest BCUT2D eigenvalue weighted by Crippen LogP contribution is -2.19. The van der Waals surface area contributed by atoms with E-state index in [0.29, 0.717) is 12.0 Å². The first-order valence-corrected chi connectivity index (χ1v) is 10.2. The van der Waals surface area contributed by atoms with E-state index < -0.39 is 5.09 Å². The van der Waals surface area contributed by atoms with Crippen LogP contribution in [0.4, 0.5) is 0 Å². The van der Waals surface area contributed by atoms with Crippen LogP contribution in [0.1, 0.15) is 76.8 Å². The second-order valence-electron chi connectivity index (χ2n) is 8.86. The summed E-state index contributed by atoms with van der Waals surface area (Å²) in [6, 6.07) is 3.49. The number of hydrogen-bond donors (Lipinski definition) is 2. The smallest absolute Gasteiger partial charge is 0.294 e. The Bertz CT molecular complexity index is 773. The summed E-state index contributed by atoms with van der Waals surface area (Å²) in [5.74, 6) is 0.313. The zero-order valence-corrected chi connectivity index (χ0v) is 17.9. The molecule has 29 heavy (non-hydrogen) atoms. The Balaban J connectivity index is 2.22. The number of rotatable bonds is 9. The fraction of sp³-hybridized carbons (Fsp3) is 0.565. The van der Waals surface area contributed by atoms with E-state index in [4.69, 9.17) is 0 Å². The average molecular weight is 404 g/mol. The highest BCUT2D eigenvalue weighted by Gasteiger charge is 2.31. The van der Waals surface area contributed by atoms with Gasteiger partial charge in [-0.3, -0.25) is 0 Å². The third-order valence-electron chi connectivity index (χ3n) is 6.02. The molecular weight excluding hydrogens is 370 g/mol. The van der Waals surface area contributed by atoms with Gasteiger partial charge in [-0.1, -0.05) is 44.1 Å². The average Bonchev–Trinajstić information content (AvgIpc) is 2.60. The number of nitrogens with zero attached hydrogens (tertiary/aromatic N) is 1. The van der Waals surface area contributed by atoms with Crippen LogP contribution in [0.2, 0.25) is 0 Å². The maximum atomic E-state index is 10.8. The standard InChI is InChI=1S/C23H33NO5/c1-15(2)18-9-8-16(3)12-19(18)22-20(25)13-17(14-21(22)26)23(4,5)10-6-7-11-29-24(27)28/h12-14,18-19,25-26H,1,6-11H2,2-5H3/t18-,19+/m1/s1. The van der Waals surface area contributed by atoms with Crippen molar-refractivity contribution in [2.24, 2.45) is 5.92 Å². The van der Waals surface area contributed by atoms with Crippen molar-refractivity contribution in [3.05, 3.63) is 57.2 Å². The molecule has 1 aliphatic carbocycles. The fourth-order valence-electron chi connectivity index (χ4n) is 4.21. The summed E-state index contributed by atoms with van der Waals surface area (Å²) < 4.78 is 0. The zero-order chi connectivity index (χ0) is 21.8. The molecule has 0 fully saturated rings. The highest BCUT2D eigenvalue weighted by atomic mass is 16.9. The maximum absolute atomic E-state index is 10.8. The van der Waals surface area contributed by atoms with Crippen LogP contribution in [0.3, 0.4) is 0 Å². The number of hydrogen-bond acceptors (Lipinski definition) is 5. The van der Waals surface area contributed by atoms with Gasteiger partial charge in [-0.05, 0) is 68.6 Å². The Morgan fingerprint density at radius 3 is 2.48 bits per heavy atom. The fourth-order valence-corrected chi connectivity index (χ4v) is 4.21. The van der Waals surface area contributed by atoms with Gasteiger partial charge in [0.25, 0.3) is 5.09 Å². The second kappa shape index (κ2) is 9.33. The molecule has 0 heterocycles. The largest absolute Gasteiger partial charge is 0.507 e. The molecule has 6 heteroatoms. The third kappa shape index (κ3) is 5.75. The highest BCUT2D eigenvalue weighted by Crippen LogP contribution is 2.47. The molecule has 1 aliphatic rings. The van der Waals surface area contributed by atoms with E-state index in [2.05, 4.69) is 24.4 Å². The van der Waals surface area contributed by atoms with Crippen molar-refractivity contribution in [2.75, 3.05) is 6.61 Å². The van der Waals surface area contributed by atoms with Crippen molar-refractivity contribution in [3.8, 4) is 11.5 Å². The van der Waals surface area contributed by atoms with Crippen molar-refractivity contribution < 1.29 is 20.1 Å². The Labute approximate surface area is 173 Å². The molecule has 0 radical (unpaired) electrons. The molecule has 1 aromatic rings. The van der Waals surface area contributed by atoms with Crippen molar-refractivity contribution in [1.82, 2.24) is 0 Å². The summed E-state index contributed by atoms with van der Waals surface area (Å²) in [6.07, 6.45) is 6.17. The molecule has 0 unspecified atom stereocenters. The van der Waals surface area contributed by atoms with Crippen LogP contribution in [0.15, 0.2) is 35.9 Å². The number of aromatic hydroxyl groups is 2. The van der Waals surface area contributed by atoms with Crippen LogP contribution < -0.4 is 0 Å². The molecule has 0 amide bonds. The molecule has 1 aromatic carbocycles. The lowest BCUT2D eigenvalue weighted by molar-refractivity contribution is -0.757. The quantitative estimate of drug-likeness (QED) is 0.236. The van der Waals surface area contributed by atoms with E-state index in [-0.39, 0.29) is 35.4 Å². The molecule has 2 rings (SSSR count). The molecule has 0 bridgehead atoms. The van der Waals surface area contributed by atoms with Gasteiger partial charge in [-0.15, -0.1) is 10.1 Å². The van der Waals surface area contributed by atoms with E-state index in [0.717, 1.165) is 36.8 Å². The van der Waals surface area contributed by atoms with E-state index in [1.54, 1.807) is 12.1 Å². The number of phenolic OH excluding ortho intramolecular Hbond substituents is 2. The maximum Gasteiger partial charge on any atom is 0.294 e. The summed E-state index contributed by atoms with van der Waals surface area (Å²) in [5.41, 5.74) is 3.42. The lowest BCUT2D eigenvalue weighted by Gasteiger charge is -2.32. The predicted molar refractivity (Wildman–Crippen MR) is 114 cm³/mol. The summed E-state index contributed by atoms with van der Waals surface area (Å²) in [4.78, 5) is 14.6. The first-order valence-electron chi connectivity index (χ1n) is 10.2. The predicted octanol–water partition coefficient (Wildman–Crippen LogP) is 5.77. The molecule has 0 saturated heterocycles. The van der Waals surface area contributed by atoms with Crippen molar-refractivity contribution in [2.45, 2.75) is 71.1 Å². The van der Waals surface area contributed by atoms with Gasteiger partial charge in [-0.25, -0.2) is 0 Å². The van der Waals surface area contributed by atoms with Crippen LogP contribution in [0.5, 0.6) is 11.5 Å². The number of benzene rings is 1. The number of phenols is 2. The molecule has 2 N–H and O–H groups in total. The summed E-state index contributed by atoms with van der Waals surface area (Å²) in [6.45, 7) is 12.3. The number of unbranched alkanes of at least 4 members (excludes halogenated alkanes) is 1. The minimum Gasteiger partial charge on any atom is -0.507 e. The lowest BCUT2D eigenvalue weighted by atomic mass is 9.72. The highest BCUT2D eigenvalue weighted by molar-refractivity contribution is 5.53. The topological polar surface area (TPSA) is 92.8 Å². The Morgan fingerprint density at radius 1 is 1.31 bits per heavy atom. The molecule has 0 aromatic heterocycles. The summed E-state index contributed by atoms with van der Waals surface area (Å²) in [5, 5.41) is 31.1. The van der Waals surface area contributed by atoms with Gasteiger partial charge in [0.05, 0.1) is 6.61 Å². The minimum atomic E-state index is -0.778. The molecule has 0 aliphatic heterocycles. The van der Waals surface area contributed by atoms with Gasteiger partial charge in [0.1, 0.15) is 11.5 Å². The summed E-state index contributed by atoms with van der Waals surface area (Å²) in [7, 11) is 0. The van der Waals surface area contributed by atoms with Gasteiger partial charge in [0.2, 0.25) is 0 Å². The Hall–Kier alpha value is -2.50. The zero-order valence-electron chi connectivity index (χ0n) is 17.9. The molecular formula is C23H33NO5. The molecule has 2 atom stereocenters. The Kier molecular flexibility index (Phi) is 7.33. The van der Waals surface area contributed by atoms with Gasteiger partial charge >= 0.3 is 0 Å². The molecule has 0 saturated carbocycles. The van der Waals surface area contributed by atoms with Gasteiger partial charge in [0, 0.05) is 11.5 Å². The van der Waals surface area contributed by atoms with Gasteiger partial charge < -0.3 is 15.1 Å². The van der Waals surface area contributed by atoms with Crippen molar-refractivity contribution in [1.29, 1.82) is 0 Å².